The first-order chi connectivity index (χ1) is 5.46. The van der Waals surface area contributed by atoms with Gasteiger partial charge in [-0.15, -0.1) is 9.24 Å². The minimum absolute atomic E-state index is 0.146. The van der Waals surface area contributed by atoms with Crippen LogP contribution < -0.4 is 5.32 Å². The van der Waals surface area contributed by atoms with Gasteiger partial charge in [-0.1, -0.05) is 13.8 Å². The normalized spacial score (nSPS) is 11.8. The number of rotatable bonds is 4. The lowest BCUT2D eigenvalue weighted by Gasteiger charge is -2.26. The molecule has 2 nitrogen and oxygen atoms in total. The summed E-state index contributed by atoms with van der Waals surface area (Å²) in [5.74, 6) is 0.146. The molecule has 0 aromatic rings. The Hall–Kier alpha value is -0.100. The topological polar surface area (TPSA) is 29.1 Å². The fourth-order valence-corrected chi connectivity index (χ4v) is 1.06. The molecular weight excluding hydrogens is 169 g/mol. The third-order valence-electron chi connectivity index (χ3n) is 2.13. The Balaban J connectivity index is 4.22. The van der Waals surface area contributed by atoms with Gasteiger partial charge in [-0.3, -0.25) is 4.79 Å². The number of hydrogen-bond donors (Lipinski definition) is 1. The van der Waals surface area contributed by atoms with Crippen molar-refractivity contribution in [2.45, 2.75) is 51.7 Å². The van der Waals surface area contributed by atoms with Crippen LogP contribution in [0.1, 0.15) is 40.5 Å². The highest BCUT2D eigenvalue weighted by Gasteiger charge is 2.29. The Morgan fingerprint density at radius 3 is 2.08 bits per heavy atom. The Labute approximate surface area is 77.7 Å². The highest BCUT2D eigenvalue weighted by molar-refractivity contribution is 7.21. The van der Waals surface area contributed by atoms with Crippen LogP contribution in [0, 0.1) is 0 Å². The summed E-state index contributed by atoms with van der Waals surface area (Å²) in [6.45, 7) is 8.04. The van der Waals surface area contributed by atoms with Gasteiger partial charge in [0.2, 0.25) is 5.91 Å². The lowest BCUT2D eigenvalue weighted by molar-refractivity contribution is -0.124. The average molecular weight is 189 g/mol. The molecule has 1 atom stereocenters. The Morgan fingerprint density at radius 2 is 1.83 bits per heavy atom. The maximum absolute atomic E-state index is 11.6. The summed E-state index contributed by atoms with van der Waals surface area (Å²) in [6.07, 6.45) is 1.74. The zero-order valence-corrected chi connectivity index (χ0v) is 9.63. The lowest BCUT2D eigenvalue weighted by atomic mass is 10.0. The summed E-state index contributed by atoms with van der Waals surface area (Å²) in [7, 11) is 2.66. The molecule has 72 valence electrons. The van der Waals surface area contributed by atoms with Crippen LogP contribution in [0.25, 0.3) is 0 Å². The molecule has 0 aromatic carbocycles. The van der Waals surface area contributed by atoms with Crippen LogP contribution in [0.3, 0.4) is 0 Å². The van der Waals surface area contributed by atoms with Crippen molar-refractivity contribution >= 4 is 15.1 Å². The van der Waals surface area contributed by atoms with Crippen LogP contribution in [-0.4, -0.2) is 17.1 Å². The average Bonchev–Trinajstić information content (AvgIpc) is 2.02. The second kappa shape index (κ2) is 4.81. The molecule has 0 bridgehead atoms. The number of nitrogens with one attached hydrogen (secondary N) is 1. The highest BCUT2D eigenvalue weighted by Crippen LogP contribution is 2.26. The van der Waals surface area contributed by atoms with E-state index in [1.807, 2.05) is 27.7 Å². The van der Waals surface area contributed by atoms with E-state index in [9.17, 15) is 4.79 Å². The number of carbonyl (C=O) groups excluding carboxylic acids is 1. The summed E-state index contributed by atoms with van der Waals surface area (Å²) in [5.41, 5.74) is 0. The van der Waals surface area contributed by atoms with Gasteiger partial charge in [-0.25, -0.2) is 0 Å². The molecule has 0 radical (unpaired) electrons. The minimum atomic E-state index is -0.260. The second-order valence-corrected chi connectivity index (χ2v) is 4.60. The molecule has 0 rings (SSSR count). The third kappa shape index (κ3) is 3.10. The fraction of sp³-hybridized carbons (Fsp3) is 0.889. The van der Waals surface area contributed by atoms with E-state index in [0.29, 0.717) is 0 Å². The van der Waals surface area contributed by atoms with Gasteiger partial charge in [-0.05, 0) is 26.7 Å². The van der Waals surface area contributed by atoms with Crippen molar-refractivity contribution in [2.75, 3.05) is 0 Å². The summed E-state index contributed by atoms with van der Waals surface area (Å²) in [4.78, 5) is 11.6. The van der Waals surface area contributed by atoms with Gasteiger partial charge in [0.1, 0.15) is 0 Å². The van der Waals surface area contributed by atoms with E-state index in [0.717, 1.165) is 12.8 Å². The van der Waals surface area contributed by atoms with Gasteiger partial charge in [0.15, 0.2) is 0 Å². The Bertz CT molecular complexity index is 153. The monoisotopic (exact) mass is 189 g/mol. The third-order valence-corrected chi connectivity index (χ3v) is 3.21. The van der Waals surface area contributed by atoms with Gasteiger partial charge in [0.25, 0.3) is 0 Å². The second-order valence-electron chi connectivity index (χ2n) is 3.49. The molecule has 0 fully saturated rings. The molecular formula is C9H20NOP. The van der Waals surface area contributed by atoms with Gasteiger partial charge in [-0.2, -0.15) is 0 Å². The van der Waals surface area contributed by atoms with Crippen molar-refractivity contribution in [3.8, 4) is 0 Å². The van der Waals surface area contributed by atoms with Gasteiger partial charge in [0, 0.05) is 6.04 Å². The summed E-state index contributed by atoms with van der Waals surface area (Å²) in [6, 6.07) is 0.232. The van der Waals surface area contributed by atoms with E-state index in [1.54, 1.807) is 0 Å². The predicted octanol–water partition coefficient (Wildman–Crippen LogP) is 1.94. The van der Waals surface area contributed by atoms with Crippen molar-refractivity contribution in [1.29, 1.82) is 0 Å². The zero-order valence-electron chi connectivity index (χ0n) is 8.48. The molecule has 1 unspecified atom stereocenters. The van der Waals surface area contributed by atoms with Crippen LogP contribution in [0.4, 0.5) is 0 Å². The minimum Gasteiger partial charge on any atom is -0.353 e. The van der Waals surface area contributed by atoms with Crippen LogP contribution >= 0.6 is 9.24 Å². The molecule has 0 aliphatic rings. The van der Waals surface area contributed by atoms with E-state index in [2.05, 4.69) is 14.6 Å². The quantitative estimate of drug-likeness (QED) is 0.673. The molecule has 3 heteroatoms. The largest absolute Gasteiger partial charge is 0.353 e. The van der Waals surface area contributed by atoms with Gasteiger partial charge < -0.3 is 5.32 Å². The maximum Gasteiger partial charge on any atom is 0.230 e. The fourth-order valence-electron chi connectivity index (χ4n) is 0.977. The molecule has 0 saturated carbocycles. The predicted molar refractivity (Wildman–Crippen MR) is 56.3 cm³/mol. The Kier molecular flexibility index (Phi) is 4.77. The van der Waals surface area contributed by atoms with Crippen LogP contribution in [0.2, 0.25) is 0 Å². The number of amides is 1. The smallest absolute Gasteiger partial charge is 0.230 e. The van der Waals surface area contributed by atoms with Crippen molar-refractivity contribution in [1.82, 2.24) is 5.32 Å². The van der Waals surface area contributed by atoms with Crippen LogP contribution in [-0.2, 0) is 4.79 Å². The van der Waals surface area contributed by atoms with Gasteiger partial charge >= 0.3 is 0 Å². The standard InChI is InChI=1S/C9H20NOP/c1-5-9(12,6-2)8(11)10-7(3)4/h7H,5-6,12H2,1-4H3,(H,10,11). The van der Waals surface area contributed by atoms with Crippen molar-refractivity contribution in [3.63, 3.8) is 0 Å². The first-order valence-electron chi connectivity index (χ1n) is 4.56. The molecule has 12 heavy (non-hydrogen) atoms. The first kappa shape index (κ1) is 11.9. The van der Waals surface area contributed by atoms with E-state index < -0.39 is 0 Å². The molecule has 1 amide bonds. The molecule has 0 aromatic heterocycles. The SMILES string of the molecule is CCC(P)(CC)C(=O)NC(C)C. The number of hydrogen-bond acceptors (Lipinski definition) is 1. The van der Waals surface area contributed by atoms with Gasteiger partial charge in [0.05, 0.1) is 5.16 Å². The van der Waals surface area contributed by atoms with Crippen molar-refractivity contribution < 1.29 is 4.79 Å². The van der Waals surface area contributed by atoms with Crippen LogP contribution in [0.5, 0.6) is 0 Å². The van der Waals surface area contributed by atoms with E-state index in [4.69, 9.17) is 0 Å². The molecule has 0 aliphatic carbocycles. The summed E-state index contributed by atoms with van der Waals surface area (Å²) >= 11 is 0. The lowest BCUT2D eigenvalue weighted by Crippen LogP contribution is -2.44. The summed E-state index contributed by atoms with van der Waals surface area (Å²) < 4.78 is 0. The summed E-state index contributed by atoms with van der Waals surface area (Å²) in [5, 5.41) is 2.67. The molecule has 0 spiro atoms. The molecule has 0 heterocycles. The first-order valence-corrected chi connectivity index (χ1v) is 5.13. The van der Waals surface area contributed by atoms with Crippen LogP contribution in [0.15, 0.2) is 0 Å². The number of carbonyl (C=O) groups is 1. The highest BCUT2D eigenvalue weighted by atomic mass is 31.0. The molecule has 0 saturated heterocycles. The zero-order chi connectivity index (χ0) is 9.78. The van der Waals surface area contributed by atoms with E-state index in [1.165, 1.54) is 0 Å². The Morgan fingerprint density at radius 1 is 1.42 bits per heavy atom. The van der Waals surface area contributed by atoms with E-state index in [-0.39, 0.29) is 17.1 Å². The van der Waals surface area contributed by atoms with E-state index >= 15 is 0 Å². The maximum atomic E-state index is 11.6. The molecule has 0 aliphatic heterocycles. The van der Waals surface area contributed by atoms with Crippen molar-refractivity contribution in [2.24, 2.45) is 0 Å². The van der Waals surface area contributed by atoms with Crippen molar-refractivity contribution in [3.05, 3.63) is 0 Å². The molecule has 1 N–H and O–H groups in total.